The molecule has 1 heterocycles. The fourth-order valence-corrected chi connectivity index (χ4v) is 1.28. The Morgan fingerprint density at radius 2 is 2.08 bits per heavy atom. The predicted octanol–water partition coefficient (Wildman–Crippen LogP) is 2.16. The van der Waals surface area contributed by atoms with Gasteiger partial charge in [0.25, 0.3) is 0 Å². The van der Waals surface area contributed by atoms with Gasteiger partial charge in [0, 0.05) is 12.1 Å². The first-order chi connectivity index (χ1) is 6.16. The molecule has 0 radical (unpaired) electrons. The fourth-order valence-electron chi connectivity index (χ4n) is 1.28. The van der Waals surface area contributed by atoms with E-state index in [0.717, 1.165) is 12.1 Å². The highest BCUT2D eigenvalue weighted by molar-refractivity contribution is 5.58. The monoisotopic (exact) mass is 185 g/mol. The predicted molar refractivity (Wildman–Crippen MR) is 44.9 cm³/mol. The van der Waals surface area contributed by atoms with Gasteiger partial charge in [-0.2, -0.15) is 0 Å². The molecule has 1 aliphatic heterocycles. The van der Waals surface area contributed by atoms with Crippen molar-refractivity contribution in [3.05, 3.63) is 23.8 Å². The Hall–Kier alpha value is -1.32. The summed E-state index contributed by atoms with van der Waals surface area (Å²) in [7, 11) is 0. The van der Waals surface area contributed by atoms with Crippen LogP contribution in [0.5, 0.6) is 5.75 Å². The first-order valence-electron chi connectivity index (χ1n) is 4.06. The van der Waals surface area contributed by atoms with E-state index in [2.05, 4.69) is 5.32 Å². The van der Waals surface area contributed by atoms with Gasteiger partial charge >= 0.3 is 0 Å². The molecule has 0 saturated heterocycles. The van der Waals surface area contributed by atoms with Gasteiger partial charge in [-0.3, -0.25) is 0 Å². The standard InChI is InChI=1S/C9H9F2NO/c1-5-4-12-8-2-6(10)7(11)3-9(8)13-5/h2-3,5,12H,4H2,1H3/t5-/m0/s1. The lowest BCUT2D eigenvalue weighted by Crippen LogP contribution is -2.27. The highest BCUT2D eigenvalue weighted by Crippen LogP contribution is 2.30. The molecule has 0 fully saturated rings. The molecule has 0 saturated carbocycles. The molecule has 70 valence electrons. The molecule has 2 rings (SSSR count). The molecule has 2 nitrogen and oxygen atoms in total. The number of hydrogen-bond acceptors (Lipinski definition) is 2. The van der Waals surface area contributed by atoms with E-state index in [1.165, 1.54) is 0 Å². The van der Waals surface area contributed by atoms with Gasteiger partial charge < -0.3 is 10.1 Å². The van der Waals surface area contributed by atoms with Crippen molar-refractivity contribution >= 4 is 5.69 Å². The molecule has 0 aromatic heterocycles. The number of benzene rings is 1. The van der Waals surface area contributed by atoms with Crippen LogP contribution in [0.2, 0.25) is 0 Å². The van der Waals surface area contributed by atoms with Crippen molar-refractivity contribution < 1.29 is 13.5 Å². The smallest absolute Gasteiger partial charge is 0.162 e. The molecule has 0 unspecified atom stereocenters. The molecule has 0 aliphatic carbocycles. The summed E-state index contributed by atoms with van der Waals surface area (Å²) >= 11 is 0. The molecule has 1 aliphatic rings. The second-order valence-electron chi connectivity index (χ2n) is 3.07. The highest BCUT2D eigenvalue weighted by atomic mass is 19.2. The Bertz CT molecular complexity index is 341. The largest absolute Gasteiger partial charge is 0.487 e. The zero-order valence-electron chi connectivity index (χ0n) is 7.10. The minimum absolute atomic E-state index is 0.0163. The maximum Gasteiger partial charge on any atom is 0.162 e. The van der Waals surface area contributed by atoms with Gasteiger partial charge in [-0.05, 0) is 6.92 Å². The Kier molecular flexibility index (Phi) is 1.83. The SMILES string of the molecule is C[C@H]1CNc2cc(F)c(F)cc2O1. The lowest BCUT2D eigenvalue weighted by Gasteiger charge is -2.24. The van der Waals surface area contributed by atoms with Crippen molar-refractivity contribution in [3.8, 4) is 5.75 Å². The number of ether oxygens (including phenoxy) is 1. The molecule has 1 aromatic carbocycles. The van der Waals surface area contributed by atoms with Crippen molar-refractivity contribution in [1.82, 2.24) is 0 Å². The molecule has 4 heteroatoms. The third-order valence-electron chi connectivity index (χ3n) is 1.93. The van der Waals surface area contributed by atoms with Gasteiger partial charge in [0.1, 0.15) is 11.9 Å². The topological polar surface area (TPSA) is 21.3 Å². The van der Waals surface area contributed by atoms with Crippen molar-refractivity contribution in [2.45, 2.75) is 13.0 Å². The molecule has 1 aromatic rings. The zero-order valence-corrected chi connectivity index (χ0v) is 7.10. The minimum Gasteiger partial charge on any atom is -0.487 e. The summed E-state index contributed by atoms with van der Waals surface area (Å²) in [5.41, 5.74) is 0.511. The van der Waals surface area contributed by atoms with Gasteiger partial charge in [-0.25, -0.2) is 8.78 Å². The molecule has 0 spiro atoms. The summed E-state index contributed by atoms with van der Waals surface area (Å²) in [4.78, 5) is 0. The van der Waals surface area contributed by atoms with E-state index < -0.39 is 11.6 Å². The third-order valence-corrected chi connectivity index (χ3v) is 1.93. The molecular weight excluding hydrogens is 176 g/mol. The lowest BCUT2D eigenvalue weighted by molar-refractivity contribution is 0.224. The zero-order chi connectivity index (χ0) is 9.42. The van der Waals surface area contributed by atoms with Crippen molar-refractivity contribution in [3.63, 3.8) is 0 Å². The number of halogens is 2. The molecular formula is C9H9F2NO. The van der Waals surface area contributed by atoms with Gasteiger partial charge in [0.15, 0.2) is 11.6 Å². The number of anilines is 1. The van der Waals surface area contributed by atoms with Crippen molar-refractivity contribution in [2.24, 2.45) is 0 Å². The molecule has 1 atom stereocenters. The van der Waals surface area contributed by atoms with E-state index in [0.29, 0.717) is 18.0 Å². The molecule has 1 N–H and O–H groups in total. The van der Waals surface area contributed by atoms with Crippen LogP contribution in [0.4, 0.5) is 14.5 Å². The van der Waals surface area contributed by atoms with E-state index in [1.54, 1.807) is 0 Å². The summed E-state index contributed by atoms with van der Waals surface area (Å²) < 4.78 is 30.8. The second kappa shape index (κ2) is 2.87. The van der Waals surface area contributed by atoms with E-state index in [4.69, 9.17) is 4.74 Å². The normalized spacial score (nSPS) is 20.1. The van der Waals surface area contributed by atoms with Gasteiger partial charge in [-0.1, -0.05) is 0 Å². The number of hydrogen-bond donors (Lipinski definition) is 1. The lowest BCUT2D eigenvalue weighted by atomic mass is 10.2. The average Bonchev–Trinajstić information content (AvgIpc) is 2.08. The summed E-state index contributed by atoms with van der Waals surface area (Å²) in [6.45, 7) is 2.47. The average molecular weight is 185 g/mol. The summed E-state index contributed by atoms with van der Waals surface area (Å²) in [6.07, 6.45) is -0.0163. The number of fused-ring (bicyclic) bond motifs is 1. The van der Waals surface area contributed by atoms with Crippen LogP contribution in [0.15, 0.2) is 12.1 Å². The van der Waals surface area contributed by atoms with Crippen LogP contribution in [0.25, 0.3) is 0 Å². The van der Waals surface area contributed by atoms with E-state index in [9.17, 15) is 8.78 Å². The molecule has 0 amide bonds. The van der Waals surface area contributed by atoms with E-state index in [-0.39, 0.29) is 6.10 Å². The van der Waals surface area contributed by atoms with Gasteiger partial charge in [0.05, 0.1) is 12.2 Å². The van der Waals surface area contributed by atoms with Gasteiger partial charge in [-0.15, -0.1) is 0 Å². The highest BCUT2D eigenvalue weighted by Gasteiger charge is 2.17. The van der Waals surface area contributed by atoms with E-state index >= 15 is 0 Å². The maximum absolute atomic E-state index is 12.8. The second-order valence-corrected chi connectivity index (χ2v) is 3.07. The minimum atomic E-state index is -0.880. The Labute approximate surface area is 74.5 Å². The quantitative estimate of drug-likeness (QED) is 0.668. The first-order valence-corrected chi connectivity index (χ1v) is 4.06. The van der Waals surface area contributed by atoms with E-state index in [1.807, 2.05) is 6.92 Å². The summed E-state index contributed by atoms with van der Waals surface area (Å²) in [5.74, 6) is -1.36. The fraction of sp³-hybridized carbons (Fsp3) is 0.333. The van der Waals surface area contributed by atoms with Crippen LogP contribution < -0.4 is 10.1 Å². The van der Waals surface area contributed by atoms with Crippen molar-refractivity contribution in [2.75, 3.05) is 11.9 Å². The Balaban J connectivity index is 2.43. The first kappa shape index (κ1) is 8.29. The van der Waals surface area contributed by atoms with Crippen LogP contribution >= 0.6 is 0 Å². The Morgan fingerprint density at radius 3 is 2.85 bits per heavy atom. The van der Waals surface area contributed by atoms with Crippen molar-refractivity contribution in [1.29, 1.82) is 0 Å². The van der Waals surface area contributed by atoms with Crippen LogP contribution in [0.3, 0.4) is 0 Å². The van der Waals surface area contributed by atoms with Crippen LogP contribution in [0.1, 0.15) is 6.92 Å². The Morgan fingerprint density at radius 1 is 1.38 bits per heavy atom. The third kappa shape index (κ3) is 1.43. The summed E-state index contributed by atoms with van der Waals surface area (Å²) in [6, 6.07) is 2.17. The van der Waals surface area contributed by atoms with Crippen LogP contribution in [-0.4, -0.2) is 12.6 Å². The number of rotatable bonds is 0. The molecule has 0 bridgehead atoms. The maximum atomic E-state index is 12.8. The van der Waals surface area contributed by atoms with Crippen LogP contribution in [-0.2, 0) is 0 Å². The van der Waals surface area contributed by atoms with Gasteiger partial charge in [0.2, 0.25) is 0 Å². The summed E-state index contributed by atoms with van der Waals surface area (Å²) in [5, 5.41) is 2.95. The number of nitrogens with one attached hydrogen (secondary N) is 1. The molecule has 13 heavy (non-hydrogen) atoms. The van der Waals surface area contributed by atoms with Crippen LogP contribution in [0, 0.1) is 11.6 Å².